The average molecular weight is 291 g/mol. The van der Waals surface area contributed by atoms with E-state index in [0.717, 1.165) is 16.3 Å². The van der Waals surface area contributed by atoms with Gasteiger partial charge in [-0.2, -0.15) is 27.8 Å². The zero-order valence-electron chi connectivity index (χ0n) is 9.60. The van der Waals surface area contributed by atoms with Crippen LogP contribution in [0.5, 0.6) is 0 Å². The van der Waals surface area contributed by atoms with Crippen LogP contribution in [0.4, 0.5) is 19.1 Å². The number of carbonyl (C=O) groups is 1. The van der Waals surface area contributed by atoms with Gasteiger partial charge in [0.25, 0.3) is 0 Å². The second kappa shape index (κ2) is 5.03. The smallest absolute Gasteiger partial charge is 0.345 e. The number of alkyl halides is 3. The van der Waals surface area contributed by atoms with Crippen LogP contribution in [0.15, 0.2) is 11.4 Å². The average Bonchev–Trinajstić information content (AvgIpc) is 2.77. The van der Waals surface area contributed by atoms with Crippen LogP contribution < -0.4 is 5.32 Å². The molecule has 0 saturated carbocycles. The molecule has 1 N–H and O–H groups in total. The molecule has 2 heterocycles. The summed E-state index contributed by atoms with van der Waals surface area (Å²) in [6.07, 6.45) is -0.944. The third kappa shape index (κ3) is 2.95. The first kappa shape index (κ1) is 13.6. The third-order valence-electron chi connectivity index (χ3n) is 2.13. The van der Waals surface area contributed by atoms with E-state index in [-0.39, 0.29) is 22.3 Å². The van der Waals surface area contributed by atoms with Crippen molar-refractivity contribution in [3.05, 3.63) is 11.8 Å². The zero-order valence-corrected chi connectivity index (χ0v) is 10.4. The minimum atomic E-state index is -4.38. The van der Waals surface area contributed by atoms with Crippen LogP contribution in [-0.2, 0) is 0 Å². The summed E-state index contributed by atoms with van der Waals surface area (Å²) in [5.41, 5.74) is 0.354. The number of aldehydes is 1. The molecule has 0 aliphatic rings. The van der Waals surface area contributed by atoms with Crippen molar-refractivity contribution in [2.75, 3.05) is 18.1 Å². The van der Waals surface area contributed by atoms with Crippen molar-refractivity contribution in [3.63, 3.8) is 0 Å². The maximum absolute atomic E-state index is 12.2. The number of halogens is 3. The van der Waals surface area contributed by atoms with Crippen molar-refractivity contribution in [1.29, 1.82) is 0 Å². The van der Waals surface area contributed by atoms with E-state index in [1.54, 1.807) is 6.26 Å². The van der Waals surface area contributed by atoms with E-state index in [0.29, 0.717) is 6.29 Å². The molecular weight excluding hydrogens is 283 g/mol. The molecule has 0 spiro atoms. The number of carbonyl (C=O) groups excluding carboxylic acids is 1. The number of hydrogen-bond acceptors (Lipinski definition) is 6. The van der Waals surface area contributed by atoms with E-state index in [9.17, 15) is 18.0 Å². The molecule has 0 amide bonds. The lowest BCUT2D eigenvalue weighted by Crippen LogP contribution is -2.23. The molecule has 0 fully saturated rings. The Morgan fingerprint density at radius 3 is 2.79 bits per heavy atom. The van der Waals surface area contributed by atoms with E-state index in [4.69, 9.17) is 0 Å². The fraction of sp³-hybridized carbons (Fsp3) is 0.333. The molecule has 0 unspecified atom stereocenters. The molecule has 0 radical (unpaired) electrons. The van der Waals surface area contributed by atoms with Crippen LogP contribution in [0.2, 0.25) is 0 Å². The molecule has 0 aliphatic carbocycles. The van der Waals surface area contributed by atoms with Gasteiger partial charge >= 0.3 is 6.18 Å². The summed E-state index contributed by atoms with van der Waals surface area (Å²) < 4.78 is 37.7. The first-order chi connectivity index (χ1) is 8.94. The molecule has 0 aliphatic heterocycles. The molecule has 0 atom stereocenters. The highest BCUT2D eigenvalue weighted by Gasteiger charge is 2.27. The Bertz CT molecular complexity index is 612. The normalized spacial score (nSPS) is 11.8. The molecule has 2 aromatic heterocycles. The van der Waals surface area contributed by atoms with E-state index >= 15 is 0 Å². The first-order valence-electron chi connectivity index (χ1n) is 5.00. The Labute approximate surface area is 109 Å². The van der Waals surface area contributed by atoms with Gasteiger partial charge in [-0.1, -0.05) is 11.8 Å². The monoisotopic (exact) mass is 291 g/mol. The van der Waals surface area contributed by atoms with Crippen LogP contribution >= 0.6 is 11.8 Å². The maximum atomic E-state index is 12.2. The van der Waals surface area contributed by atoms with E-state index in [1.807, 2.05) is 0 Å². The molecular formula is C9H8F3N5OS. The quantitative estimate of drug-likeness (QED) is 0.682. The topological polar surface area (TPSA) is 72.2 Å². The first-order valence-corrected chi connectivity index (χ1v) is 6.22. The number of fused-ring (bicyclic) bond motifs is 1. The van der Waals surface area contributed by atoms with Gasteiger partial charge in [0.2, 0.25) is 5.95 Å². The molecule has 0 bridgehead atoms. The van der Waals surface area contributed by atoms with E-state index < -0.39 is 12.7 Å². The Kier molecular flexibility index (Phi) is 3.60. The van der Waals surface area contributed by atoms with Gasteiger partial charge in [-0.15, -0.1) is 0 Å². The van der Waals surface area contributed by atoms with Crippen LogP contribution in [0, 0.1) is 0 Å². The minimum Gasteiger partial charge on any atom is -0.345 e. The van der Waals surface area contributed by atoms with Crippen molar-refractivity contribution in [1.82, 2.24) is 19.6 Å². The van der Waals surface area contributed by atoms with Gasteiger partial charge in [0.05, 0.1) is 11.8 Å². The number of nitrogens with one attached hydrogen (secondary N) is 1. The Hall–Kier alpha value is -1.84. The van der Waals surface area contributed by atoms with Gasteiger partial charge in [0.15, 0.2) is 17.1 Å². The number of hydrogen-bond donors (Lipinski definition) is 1. The summed E-state index contributed by atoms with van der Waals surface area (Å²) in [6, 6.07) is 0. The Balaban J connectivity index is 2.46. The Morgan fingerprint density at radius 2 is 2.21 bits per heavy atom. The fourth-order valence-corrected chi connectivity index (χ4v) is 1.70. The van der Waals surface area contributed by atoms with Crippen LogP contribution in [0.1, 0.15) is 10.4 Å². The predicted octanol–water partition coefficient (Wildman–Crippen LogP) is 1.63. The molecule has 10 heteroatoms. The van der Waals surface area contributed by atoms with E-state index in [2.05, 4.69) is 20.4 Å². The number of rotatable bonds is 4. The second-order valence-electron chi connectivity index (χ2n) is 3.46. The number of anilines is 1. The van der Waals surface area contributed by atoms with Crippen LogP contribution in [0.25, 0.3) is 5.65 Å². The lowest BCUT2D eigenvalue weighted by atomic mass is 10.4. The van der Waals surface area contributed by atoms with Gasteiger partial charge in [-0.3, -0.25) is 4.79 Å². The lowest BCUT2D eigenvalue weighted by Gasteiger charge is -2.10. The standard InChI is InChI=1S/C9H8F3N5OS/c1-19-8-15-6-5(3-18)2-14-17(6)7(16-8)13-4-9(10,11)12/h2-3H,4H2,1H3,(H,13,15,16). The summed E-state index contributed by atoms with van der Waals surface area (Å²) >= 11 is 1.15. The fourth-order valence-electron chi connectivity index (χ4n) is 1.34. The van der Waals surface area contributed by atoms with Gasteiger partial charge in [0, 0.05) is 0 Å². The van der Waals surface area contributed by atoms with Gasteiger partial charge < -0.3 is 5.32 Å². The van der Waals surface area contributed by atoms with Crippen molar-refractivity contribution < 1.29 is 18.0 Å². The predicted molar refractivity (Wildman–Crippen MR) is 62.5 cm³/mol. The SMILES string of the molecule is CSc1nc(NCC(F)(F)F)n2ncc(C=O)c2n1. The summed E-state index contributed by atoms with van der Waals surface area (Å²) in [6.45, 7) is -1.25. The van der Waals surface area contributed by atoms with Crippen LogP contribution in [-0.4, -0.2) is 44.8 Å². The summed E-state index contributed by atoms with van der Waals surface area (Å²) in [5.74, 6) is -0.111. The summed E-state index contributed by atoms with van der Waals surface area (Å²) in [4.78, 5) is 18.7. The highest BCUT2D eigenvalue weighted by Crippen LogP contribution is 2.19. The van der Waals surface area contributed by atoms with Crippen molar-refractivity contribution >= 4 is 29.6 Å². The van der Waals surface area contributed by atoms with Gasteiger partial charge in [-0.25, -0.2) is 4.98 Å². The minimum absolute atomic E-state index is 0.111. The molecule has 102 valence electrons. The van der Waals surface area contributed by atoms with Gasteiger partial charge in [0.1, 0.15) is 6.54 Å². The zero-order chi connectivity index (χ0) is 14.0. The lowest BCUT2D eigenvalue weighted by molar-refractivity contribution is -0.115. The van der Waals surface area contributed by atoms with Crippen molar-refractivity contribution in [2.45, 2.75) is 11.3 Å². The largest absolute Gasteiger partial charge is 0.405 e. The summed E-state index contributed by atoms with van der Waals surface area (Å²) in [5, 5.41) is 6.17. The second-order valence-corrected chi connectivity index (χ2v) is 4.23. The Morgan fingerprint density at radius 1 is 1.47 bits per heavy atom. The molecule has 2 aromatic rings. The molecule has 0 saturated heterocycles. The maximum Gasteiger partial charge on any atom is 0.405 e. The number of thioether (sulfide) groups is 1. The molecule has 19 heavy (non-hydrogen) atoms. The molecule has 0 aromatic carbocycles. The highest BCUT2D eigenvalue weighted by molar-refractivity contribution is 7.98. The third-order valence-corrected chi connectivity index (χ3v) is 2.68. The van der Waals surface area contributed by atoms with E-state index in [1.165, 1.54) is 6.20 Å². The molecule has 6 nitrogen and oxygen atoms in total. The van der Waals surface area contributed by atoms with Crippen molar-refractivity contribution in [2.24, 2.45) is 0 Å². The molecule has 2 rings (SSSR count). The van der Waals surface area contributed by atoms with Crippen LogP contribution in [0.3, 0.4) is 0 Å². The number of nitrogens with zero attached hydrogens (tertiary/aromatic N) is 4. The highest BCUT2D eigenvalue weighted by atomic mass is 32.2. The van der Waals surface area contributed by atoms with Gasteiger partial charge in [-0.05, 0) is 6.26 Å². The number of aromatic nitrogens is 4. The van der Waals surface area contributed by atoms with Crippen molar-refractivity contribution in [3.8, 4) is 0 Å². The summed E-state index contributed by atoms with van der Waals surface area (Å²) in [7, 11) is 0.